The fourth-order valence-electron chi connectivity index (χ4n) is 11.1. The standard InChI is InChI=1S/C48H55F9N6O3/c49-46(50,51)33-9-4-28(5-10-33)25-58-17-14-34-11-8-31(23-44(65)59-34)35-20-29(6-12-37(35)47(52,53)54)27-63-19-16-40-42(63)22-32(24-45(66)61-40)36-21-30(7-13-38(36)48(55,56)57)26-62-18-15-39-41(62)2-1-3-43(64)60-39/h4-7,9-10,12-13,20-21,31-32,34,39-42,58H,1-3,8,11,14-19,22-27H2,(H,59,65)(H,60,64)(H,61,66)/t31?,32?,34-,39-,40+,41+,42-/m0/s1. The lowest BCUT2D eigenvalue weighted by atomic mass is 9.84. The van der Waals surface area contributed by atoms with Crippen molar-refractivity contribution in [2.24, 2.45) is 0 Å². The van der Waals surface area contributed by atoms with Crippen molar-refractivity contribution >= 4 is 17.7 Å². The minimum Gasteiger partial charge on any atom is -0.353 e. The summed E-state index contributed by atoms with van der Waals surface area (Å²) in [5, 5.41) is 12.2. The summed E-state index contributed by atoms with van der Waals surface area (Å²) in [6.45, 7) is 2.42. The predicted octanol–water partition coefficient (Wildman–Crippen LogP) is 8.55. The van der Waals surface area contributed by atoms with Gasteiger partial charge in [-0.15, -0.1) is 0 Å². The summed E-state index contributed by atoms with van der Waals surface area (Å²) in [7, 11) is 0. The van der Waals surface area contributed by atoms with Gasteiger partial charge in [0.1, 0.15) is 0 Å². The fourth-order valence-corrected chi connectivity index (χ4v) is 11.1. The van der Waals surface area contributed by atoms with Gasteiger partial charge in [-0.3, -0.25) is 24.2 Å². The second kappa shape index (κ2) is 19.5. The smallest absolute Gasteiger partial charge is 0.353 e. The van der Waals surface area contributed by atoms with E-state index < -0.39 is 59.0 Å². The molecule has 7 atom stereocenters. The van der Waals surface area contributed by atoms with Crippen LogP contribution in [0.5, 0.6) is 0 Å². The first-order valence-corrected chi connectivity index (χ1v) is 22.9. The minimum absolute atomic E-state index is 0.00112. The molecule has 0 aliphatic carbocycles. The molecule has 2 unspecified atom stereocenters. The zero-order chi connectivity index (χ0) is 47.0. The Hall–Kier alpha value is -4.68. The maximum absolute atomic E-state index is 14.7. The number of alkyl halides is 9. The molecule has 8 rings (SSSR count). The SMILES string of the molecule is O=C1CC(c2cc(CN3CC[C@H]4NC(=O)CC(c5cc(CN6CC[C@@H]7NC(=O)CCC[C@H]76)ccc5C(F)(F)F)C[C@@H]43)ccc2C(F)(F)F)CC[C@@H](CCNCc2ccc(C(F)(F)F)cc2)N1. The summed E-state index contributed by atoms with van der Waals surface area (Å²) in [6, 6.07) is 11.8. The van der Waals surface area contributed by atoms with Crippen molar-refractivity contribution in [1.82, 2.24) is 31.1 Å². The summed E-state index contributed by atoms with van der Waals surface area (Å²) < 4.78 is 127. The third kappa shape index (κ3) is 11.4. The van der Waals surface area contributed by atoms with E-state index in [9.17, 15) is 53.9 Å². The summed E-state index contributed by atoms with van der Waals surface area (Å²) in [5.41, 5.74) is -0.469. The van der Waals surface area contributed by atoms with Gasteiger partial charge in [0.05, 0.1) is 16.7 Å². The van der Waals surface area contributed by atoms with Crippen molar-refractivity contribution in [3.63, 3.8) is 0 Å². The number of carbonyl (C=O) groups excluding carboxylic acids is 3. The molecule has 0 bridgehead atoms. The molecule has 5 aliphatic rings. The molecule has 0 radical (unpaired) electrons. The number of hydrogen-bond acceptors (Lipinski definition) is 6. The van der Waals surface area contributed by atoms with Crippen molar-refractivity contribution in [2.75, 3.05) is 19.6 Å². The number of amides is 3. The molecule has 0 saturated carbocycles. The van der Waals surface area contributed by atoms with Crippen LogP contribution in [0.25, 0.3) is 0 Å². The van der Waals surface area contributed by atoms with Crippen LogP contribution >= 0.6 is 0 Å². The third-order valence-corrected chi connectivity index (χ3v) is 14.3. The molecular weight excluding hydrogens is 880 g/mol. The molecule has 5 saturated heterocycles. The van der Waals surface area contributed by atoms with Crippen LogP contribution in [0.2, 0.25) is 0 Å². The number of carbonyl (C=O) groups is 3. The average Bonchev–Trinajstić information content (AvgIpc) is 3.55. The molecule has 4 N–H and O–H groups in total. The second-order valence-electron chi connectivity index (χ2n) is 18.8. The van der Waals surface area contributed by atoms with Crippen LogP contribution in [-0.4, -0.2) is 77.4 Å². The highest BCUT2D eigenvalue weighted by atomic mass is 19.4. The van der Waals surface area contributed by atoms with Gasteiger partial charge >= 0.3 is 18.5 Å². The number of benzene rings is 3. The van der Waals surface area contributed by atoms with Crippen LogP contribution in [-0.2, 0) is 52.5 Å². The van der Waals surface area contributed by atoms with E-state index in [-0.39, 0.29) is 79.3 Å². The minimum atomic E-state index is -4.71. The van der Waals surface area contributed by atoms with Crippen LogP contribution in [0.3, 0.4) is 0 Å². The van der Waals surface area contributed by atoms with E-state index >= 15 is 0 Å². The molecule has 0 spiro atoms. The molecule has 5 fully saturated rings. The Morgan fingerprint density at radius 2 is 1.12 bits per heavy atom. The molecule has 358 valence electrons. The van der Waals surface area contributed by atoms with Crippen molar-refractivity contribution in [3.05, 3.63) is 105 Å². The molecule has 66 heavy (non-hydrogen) atoms. The number of likely N-dealkylation sites (tertiary alicyclic amines) is 2. The van der Waals surface area contributed by atoms with E-state index in [0.717, 1.165) is 43.5 Å². The van der Waals surface area contributed by atoms with E-state index in [2.05, 4.69) is 26.2 Å². The Morgan fingerprint density at radius 3 is 1.74 bits per heavy atom. The van der Waals surface area contributed by atoms with Crippen LogP contribution in [0.15, 0.2) is 60.7 Å². The molecule has 3 aromatic carbocycles. The molecule has 5 heterocycles. The summed E-state index contributed by atoms with van der Waals surface area (Å²) in [4.78, 5) is 43.0. The number of hydrogen-bond donors (Lipinski definition) is 4. The van der Waals surface area contributed by atoms with E-state index in [1.807, 2.05) is 4.90 Å². The monoisotopic (exact) mass is 934 g/mol. The lowest BCUT2D eigenvalue weighted by Gasteiger charge is -2.31. The summed E-state index contributed by atoms with van der Waals surface area (Å²) in [6.07, 6.45) is -9.57. The van der Waals surface area contributed by atoms with Gasteiger partial charge in [0.25, 0.3) is 0 Å². The first-order valence-electron chi connectivity index (χ1n) is 22.9. The average molecular weight is 935 g/mol. The Morgan fingerprint density at radius 1 is 0.576 bits per heavy atom. The van der Waals surface area contributed by atoms with Crippen molar-refractivity contribution in [1.29, 1.82) is 0 Å². The fraction of sp³-hybridized carbons (Fsp3) is 0.562. The lowest BCUT2D eigenvalue weighted by Crippen LogP contribution is -2.42. The number of nitrogens with zero attached hydrogens (tertiary/aromatic N) is 2. The van der Waals surface area contributed by atoms with Gasteiger partial charge in [0.2, 0.25) is 17.7 Å². The van der Waals surface area contributed by atoms with Crippen LogP contribution in [0.4, 0.5) is 39.5 Å². The van der Waals surface area contributed by atoms with Gasteiger partial charge < -0.3 is 21.3 Å². The van der Waals surface area contributed by atoms with E-state index in [1.165, 1.54) is 30.3 Å². The number of fused-ring (bicyclic) bond motifs is 2. The highest BCUT2D eigenvalue weighted by Crippen LogP contribution is 2.44. The molecule has 3 amide bonds. The summed E-state index contributed by atoms with van der Waals surface area (Å²) >= 11 is 0. The largest absolute Gasteiger partial charge is 0.416 e. The van der Waals surface area contributed by atoms with Gasteiger partial charge in [0.15, 0.2) is 0 Å². The van der Waals surface area contributed by atoms with Crippen molar-refractivity contribution in [3.8, 4) is 0 Å². The second-order valence-corrected chi connectivity index (χ2v) is 18.8. The lowest BCUT2D eigenvalue weighted by molar-refractivity contribution is -0.139. The molecule has 18 heteroatoms. The number of rotatable bonds is 11. The van der Waals surface area contributed by atoms with Gasteiger partial charge in [0, 0.05) is 82.2 Å². The van der Waals surface area contributed by atoms with E-state index in [4.69, 9.17) is 0 Å². The Labute approximate surface area is 377 Å². The highest BCUT2D eigenvalue weighted by molar-refractivity contribution is 5.78. The molecule has 9 nitrogen and oxygen atoms in total. The predicted molar refractivity (Wildman–Crippen MR) is 226 cm³/mol. The van der Waals surface area contributed by atoms with Gasteiger partial charge in [-0.25, -0.2) is 0 Å². The first-order chi connectivity index (χ1) is 31.3. The van der Waals surface area contributed by atoms with E-state index in [1.54, 1.807) is 6.07 Å². The quantitative estimate of drug-likeness (QED) is 0.114. The third-order valence-electron chi connectivity index (χ3n) is 14.3. The van der Waals surface area contributed by atoms with Crippen molar-refractivity contribution < 1.29 is 53.9 Å². The Bertz CT molecular complexity index is 2230. The molecule has 5 aliphatic heterocycles. The maximum atomic E-state index is 14.7. The van der Waals surface area contributed by atoms with Gasteiger partial charge in [-0.2, -0.15) is 39.5 Å². The Balaban J connectivity index is 0.958. The number of halogens is 9. The number of nitrogens with one attached hydrogen (secondary N) is 4. The van der Waals surface area contributed by atoms with Crippen molar-refractivity contribution in [2.45, 2.75) is 151 Å². The zero-order valence-corrected chi connectivity index (χ0v) is 36.4. The Kier molecular flexibility index (Phi) is 14.1. The summed E-state index contributed by atoms with van der Waals surface area (Å²) in [5.74, 6) is -2.28. The van der Waals surface area contributed by atoms with Crippen LogP contribution < -0.4 is 21.3 Å². The van der Waals surface area contributed by atoms with Gasteiger partial charge in [-0.05, 0) is 122 Å². The molecule has 0 aromatic heterocycles. The van der Waals surface area contributed by atoms with Gasteiger partial charge in [-0.1, -0.05) is 36.4 Å². The first kappa shape index (κ1) is 47.8. The highest BCUT2D eigenvalue weighted by Gasteiger charge is 2.44. The van der Waals surface area contributed by atoms with Crippen LogP contribution in [0.1, 0.15) is 127 Å². The molecular formula is C48H55F9N6O3. The maximum Gasteiger partial charge on any atom is 0.416 e. The van der Waals surface area contributed by atoms with Crippen LogP contribution in [0, 0.1) is 0 Å². The zero-order valence-electron chi connectivity index (χ0n) is 36.4. The molecule has 3 aromatic rings. The van der Waals surface area contributed by atoms with E-state index in [0.29, 0.717) is 75.1 Å². The normalized spacial score (nSPS) is 27.0. The topological polar surface area (TPSA) is 106 Å².